The summed E-state index contributed by atoms with van der Waals surface area (Å²) < 4.78 is 24.7. The molecule has 1 saturated heterocycles. The maximum absolute atomic E-state index is 12.8. The first-order valence-electron chi connectivity index (χ1n) is 11.3. The largest absolute Gasteiger partial charge is 0.326 e. The molecule has 1 unspecified atom stereocenters. The zero-order valence-corrected chi connectivity index (χ0v) is 19.4. The quantitative estimate of drug-likeness (QED) is 0.580. The summed E-state index contributed by atoms with van der Waals surface area (Å²) in [5.74, 6) is 0.174. The number of hydrogen-bond acceptors (Lipinski definition) is 6. The molecule has 1 aliphatic heterocycles. The molecule has 0 radical (unpaired) electrons. The van der Waals surface area contributed by atoms with E-state index in [1.165, 1.54) is 0 Å². The summed E-state index contributed by atoms with van der Waals surface area (Å²) in [5, 5.41) is 2.82. The molecule has 178 valence electrons. The standard InChI is InChI=1S/C24H29N3O5S.H2/c1-2-27(22-13-14-32-26-22)24(29)19-7-9-20(10-8-19)25-23(28)15-17-5-11-21(12-6-17)33(30,31)16-18-3-4-18;/h5-12,18,22,26H,2-4,13-16H2,1H3,(H,25,28);1H. The molecule has 4 rings (SSSR count). The van der Waals surface area contributed by atoms with Gasteiger partial charge in [-0.2, -0.15) is 5.48 Å². The number of carbonyl (C=O) groups excluding carboxylic acids is 2. The Morgan fingerprint density at radius 1 is 1.09 bits per heavy atom. The predicted molar refractivity (Wildman–Crippen MR) is 126 cm³/mol. The molecule has 1 heterocycles. The van der Waals surface area contributed by atoms with E-state index in [2.05, 4.69) is 10.8 Å². The number of hydrogen-bond donors (Lipinski definition) is 2. The van der Waals surface area contributed by atoms with Gasteiger partial charge in [0.15, 0.2) is 9.84 Å². The zero-order valence-electron chi connectivity index (χ0n) is 18.6. The minimum atomic E-state index is -3.26. The van der Waals surface area contributed by atoms with E-state index < -0.39 is 9.84 Å². The molecular weight excluding hydrogens is 442 g/mol. The Kier molecular flexibility index (Phi) is 7.11. The lowest BCUT2D eigenvalue weighted by molar-refractivity contribution is -0.115. The molecule has 2 amide bonds. The van der Waals surface area contributed by atoms with E-state index in [9.17, 15) is 18.0 Å². The second kappa shape index (κ2) is 10.0. The van der Waals surface area contributed by atoms with Gasteiger partial charge in [-0.25, -0.2) is 8.42 Å². The fraction of sp³-hybridized carbons (Fsp3) is 0.417. The van der Waals surface area contributed by atoms with Crippen LogP contribution in [-0.2, 0) is 25.9 Å². The SMILES string of the molecule is CCN(C(=O)c1ccc(NC(=O)Cc2ccc(S(=O)(=O)CC3CC3)cc2)cc1)C1CCON1.[HH]. The Labute approximate surface area is 195 Å². The van der Waals surface area contributed by atoms with E-state index in [1.54, 1.807) is 53.4 Å². The highest BCUT2D eigenvalue weighted by Crippen LogP contribution is 2.32. The second-order valence-corrected chi connectivity index (χ2v) is 10.6. The van der Waals surface area contributed by atoms with Crippen LogP contribution in [0.4, 0.5) is 5.69 Å². The number of anilines is 1. The number of nitrogens with zero attached hydrogens (tertiary/aromatic N) is 1. The van der Waals surface area contributed by atoms with Crippen LogP contribution in [0.15, 0.2) is 53.4 Å². The van der Waals surface area contributed by atoms with Crippen molar-refractivity contribution in [2.45, 2.75) is 43.7 Å². The van der Waals surface area contributed by atoms with Gasteiger partial charge in [0.05, 0.1) is 23.7 Å². The number of sulfone groups is 1. The van der Waals surface area contributed by atoms with Gasteiger partial charge in [-0.3, -0.25) is 14.4 Å². The molecule has 0 bridgehead atoms. The number of benzene rings is 2. The monoisotopic (exact) mass is 473 g/mol. The van der Waals surface area contributed by atoms with Crippen LogP contribution in [0, 0.1) is 5.92 Å². The minimum absolute atomic E-state index is 0. The van der Waals surface area contributed by atoms with Crippen molar-refractivity contribution in [3.8, 4) is 0 Å². The first-order chi connectivity index (χ1) is 15.9. The van der Waals surface area contributed by atoms with Crippen LogP contribution in [0.2, 0.25) is 0 Å². The van der Waals surface area contributed by atoms with Crippen LogP contribution in [0.5, 0.6) is 0 Å². The van der Waals surface area contributed by atoms with Crippen LogP contribution in [-0.4, -0.2) is 50.2 Å². The van der Waals surface area contributed by atoms with Crippen LogP contribution in [0.3, 0.4) is 0 Å². The van der Waals surface area contributed by atoms with E-state index in [-0.39, 0.29) is 31.6 Å². The number of rotatable bonds is 9. The molecule has 0 aromatic heterocycles. The third-order valence-electron chi connectivity index (χ3n) is 5.91. The van der Waals surface area contributed by atoms with Crippen LogP contribution in [0.1, 0.15) is 43.5 Å². The summed E-state index contributed by atoms with van der Waals surface area (Å²) in [6.07, 6.45) is 2.69. The Morgan fingerprint density at radius 2 is 1.79 bits per heavy atom. The minimum Gasteiger partial charge on any atom is -0.326 e. The first kappa shape index (κ1) is 23.4. The first-order valence-corrected chi connectivity index (χ1v) is 12.9. The van der Waals surface area contributed by atoms with Crippen molar-refractivity contribution in [2.75, 3.05) is 24.2 Å². The molecule has 2 N–H and O–H groups in total. The Balaban J connectivity index is 0.00000324. The molecular formula is C24H31N3O5S. The molecule has 8 nitrogen and oxygen atoms in total. The Bertz CT molecular complexity index is 1100. The number of carbonyl (C=O) groups is 2. The molecule has 2 aromatic carbocycles. The molecule has 0 spiro atoms. The normalized spacial score (nSPS) is 18.2. The number of hydroxylamine groups is 1. The molecule has 2 aliphatic rings. The topological polar surface area (TPSA) is 105 Å². The van der Waals surface area contributed by atoms with Gasteiger partial charge in [-0.15, -0.1) is 0 Å². The average molecular weight is 474 g/mol. The van der Waals surface area contributed by atoms with Gasteiger partial charge < -0.3 is 10.2 Å². The molecule has 1 saturated carbocycles. The molecule has 2 aromatic rings. The third kappa shape index (κ3) is 5.98. The van der Waals surface area contributed by atoms with E-state index in [0.29, 0.717) is 35.2 Å². The van der Waals surface area contributed by atoms with E-state index in [0.717, 1.165) is 24.8 Å². The van der Waals surface area contributed by atoms with Gasteiger partial charge in [-0.05, 0) is 67.6 Å². The molecule has 1 atom stereocenters. The predicted octanol–water partition coefficient (Wildman–Crippen LogP) is 3.01. The summed E-state index contributed by atoms with van der Waals surface area (Å²) in [4.78, 5) is 32.4. The van der Waals surface area contributed by atoms with Gasteiger partial charge in [-0.1, -0.05) is 12.1 Å². The highest BCUT2D eigenvalue weighted by molar-refractivity contribution is 7.91. The van der Waals surface area contributed by atoms with Crippen molar-refractivity contribution in [1.82, 2.24) is 10.4 Å². The smallest absolute Gasteiger partial charge is 0.255 e. The average Bonchev–Trinajstić information content (AvgIpc) is 3.43. The summed E-state index contributed by atoms with van der Waals surface area (Å²) >= 11 is 0. The molecule has 33 heavy (non-hydrogen) atoms. The molecule has 2 fully saturated rings. The fourth-order valence-corrected chi connectivity index (χ4v) is 5.56. The van der Waals surface area contributed by atoms with E-state index >= 15 is 0 Å². The summed E-state index contributed by atoms with van der Waals surface area (Å²) in [6.45, 7) is 3.04. The van der Waals surface area contributed by atoms with Gasteiger partial charge >= 0.3 is 0 Å². The maximum atomic E-state index is 12.8. The van der Waals surface area contributed by atoms with Crippen molar-refractivity contribution in [1.29, 1.82) is 0 Å². The lowest BCUT2D eigenvalue weighted by atomic mass is 10.1. The van der Waals surface area contributed by atoms with Crippen LogP contribution >= 0.6 is 0 Å². The lowest BCUT2D eigenvalue weighted by Gasteiger charge is -2.26. The van der Waals surface area contributed by atoms with E-state index in [4.69, 9.17) is 4.84 Å². The van der Waals surface area contributed by atoms with Crippen molar-refractivity contribution in [2.24, 2.45) is 5.92 Å². The van der Waals surface area contributed by atoms with Crippen LogP contribution in [0.25, 0.3) is 0 Å². The van der Waals surface area contributed by atoms with Crippen molar-refractivity contribution < 1.29 is 24.3 Å². The molecule has 9 heteroatoms. The number of nitrogens with one attached hydrogen (secondary N) is 2. The fourth-order valence-electron chi connectivity index (χ4n) is 3.87. The summed E-state index contributed by atoms with van der Waals surface area (Å²) in [5.41, 5.74) is 4.71. The van der Waals surface area contributed by atoms with Gasteiger partial charge in [0.2, 0.25) is 5.91 Å². The summed E-state index contributed by atoms with van der Waals surface area (Å²) in [7, 11) is -3.26. The van der Waals surface area contributed by atoms with Crippen molar-refractivity contribution in [3.63, 3.8) is 0 Å². The second-order valence-electron chi connectivity index (χ2n) is 8.53. The number of amides is 2. The van der Waals surface area contributed by atoms with Gasteiger partial charge in [0.25, 0.3) is 5.91 Å². The third-order valence-corrected chi connectivity index (χ3v) is 7.81. The van der Waals surface area contributed by atoms with Crippen molar-refractivity contribution >= 4 is 27.3 Å². The Hall–Kier alpha value is -2.75. The highest BCUT2D eigenvalue weighted by Gasteiger charge is 2.29. The maximum Gasteiger partial charge on any atom is 0.255 e. The molecule has 1 aliphatic carbocycles. The van der Waals surface area contributed by atoms with Crippen LogP contribution < -0.4 is 10.8 Å². The zero-order chi connectivity index (χ0) is 23.4. The van der Waals surface area contributed by atoms with Gasteiger partial charge in [0, 0.05) is 25.6 Å². The van der Waals surface area contributed by atoms with E-state index in [1.807, 2.05) is 6.92 Å². The van der Waals surface area contributed by atoms with Crippen molar-refractivity contribution in [3.05, 3.63) is 59.7 Å². The highest BCUT2D eigenvalue weighted by atomic mass is 32.2. The van der Waals surface area contributed by atoms with Gasteiger partial charge in [0.1, 0.15) is 6.17 Å². The Morgan fingerprint density at radius 3 is 2.36 bits per heavy atom. The summed E-state index contributed by atoms with van der Waals surface area (Å²) in [6, 6.07) is 13.3. The lowest BCUT2D eigenvalue weighted by Crippen LogP contribution is -2.45.